The maximum absolute atomic E-state index is 6.87. The van der Waals surface area contributed by atoms with E-state index in [-0.39, 0.29) is 6.71 Å². The summed E-state index contributed by atoms with van der Waals surface area (Å²) in [6, 6.07) is 64.5. The zero-order valence-electron chi connectivity index (χ0n) is 29.1. The van der Waals surface area contributed by atoms with Gasteiger partial charge in [0, 0.05) is 17.6 Å². The first-order valence-electron chi connectivity index (χ1n) is 18.5. The summed E-state index contributed by atoms with van der Waals surface area (Å²) in [4.78, 5) is 2.28. The van der Waals surface area contributed by atoms with Gasteiger partial charge in [-0.2, -0.15) is 0 Å². The van der Waals surface area contributed by atoms with E-state index in [4.69, 9.17) is 14.2 Å². The highest BCUT2D eigenvalue weighted by atomic mass is 16.5. The van der Waals surface area contributed by atoms with Crippen LogP contribution in [-0.4, -0.2) is 6.71 Å². The fourth-order valence-corrected chi connectivity index (χ4v) is 9.49. The fourth-order valence-electron chi connectivity index (χ4n) is 9.49. The van der Waals surface area contributed by atoms with E-state index in [2.05, 4.69) is 163 Å². The molecule has 0 N–H and O–H groups in total. The van der Waals surface area contributed by atoms with Gasteiger partial charge in [0.05, 0.1) is 22.5 Å². The van der Waals surface area contributed by atoms with E-state index in [1.54, 1.807) is 0 Å². The first kappa shape index (κ1) is 29.6. The molecule has 8 aromatic carbocycles. The normalized spacial score (nSPS) is 14.4. The van der Waals surface area contributed by atoms with Crippen LogP contribution >= 0.6 is 0 Å². The van der Waals surface area contributed by atoms with Gasteiger partial charge in [-0.15, -0.1) is 0 Å². The first-order valence-corrected chi connectivity index (χ1v) is 18.5. The monoisotopic (exact) mass is 691 g/mol. The van der Waals surface area contributed by atoms with Gasteiger partial charge in [0.15, 0.2) is 11.5 Å². The van der Waals surface area contributed by atoms with Crippen LogP contribution < -0.4 is 35.5 Å². The number of hydrogen-bond donors (Lipinski definition) is 0. The molecule has 0 spiro atoms. The van der Waals surface area contributed by atoms with Gasteiger partial charge in [-0.25, -0.2) is 0 Å². The summed E-state index contributed by atoms with van der Waals surface area (Å²) in [5, 5.41) is 0. The third-order valence-electron chi connectivity index (χ3n) is 11.7. The first-order chi connectivity index (χ1) is 26.8. The van der Waals surface area contributed by atoms with Crippen molar-refractivity contribution in [2.45, 2.75) is 5.41 Å². The molecule has 0 radical (unpaired) electrons. The number of rotatable bonds is 3. The van der Waals surface area contributed by atoms with Crippen molar-refractivity contribution in [2.75, 3.05) is 4.90 Å². The molecule has 0 unspecified atom stereocenters. The van der Waals surface area contributed by atoms with E-state index in [1.807, 2.05) is 24.3 Å². The molecular weight excluding hydrogens is 661 g/mol. The molecule has 5 heteroatoms. The van der Waals surface area contributed by atoms with Gasteiger partial charge in [-0.05, 0) is 80.7 Å². The summed E-state index contributed by atoms with van der Waals surface area (Å²) in [5.41, 5.74) is 13.0. The van der Waals surface area contributed by atoms with Crippen LogP contribution in [0.2, 0.25) is 0 Å². The number of ether oxygens (including phenoxy) is 3. The van der Waals surface area contributed by atoms with Crippen molar-refractivity contribution in [2.24, 2.45) is 0 Å². The van der Waals surface area contributed by atoms with E-state index >= 15 is 0 Å². The third kappa shape index (κ3) is 3.93. The van der Waals surface area contributed by atoms with Crippen LogP contribution in [-0.2, 0) is 5.41 Å². The topological polar surface area (TPSA) is 30.9 Å². The minimum Gasteiger partial charge on any atom is -0.458 e. The van der Waals surface area contributed by atoms with Crippen LogP contribution in [0.1, 0.15) is 22.3 Å². The second kappa shape index (κ2) is 11.0. The highest BCUT2D eigenvalue weighted by molar-refractivity contribution is 6.98. The van der Waals surface area contributed by atoms with Crippen molar-refractivity contribution in [3.63, 3.8) is 0 Å². The van der Waals surface area contributed by atoms with Gasteiger partial charge >= 0.3 is 0 Å². The standard InChI is InChI=1S/C49H30BNO3/c1-2-14-31(15-3-1)49(36-18-6-4-16-34(36)35-17-5-7-19-37(35)49)32-26-27-41-45(28-32)54-44-25-13-10-22-40(44)51(41)33-29-46-48-47(30-33)53-43-24-12-9-21-39(43)50(48)38-20-8-11-23-42(38)52-46/h1-30H. The Balaban J connectivity index is 1.07. The maximum atomic E-state index is 6.87. The quantitative estimate of drug-likeness (QED) is 0.173. The Hall–Kier alpha value is -6.98. The lowest BCUT2D eigenvalue weighted by Gasteiger charge is -2.38. The second-order valence-electron chi connectivity index (χ2n) is 14.4. The summed E-state index contributed by atoms with van der Waals surface area (Å²) < 4.78 is 20.3. The van der Waals surface area contributed by atoms with E-state index in [0.717, 1.165) is 73.5 Å². The fraction of sp³-hybridized carbons (Fsp3) is 0.0204. The average molecular weight is 692 g/mol. The van der Waals surface area contributed by atoms with Crippen LogP contribution in [0, 0.1) is 0 Å². The highest BCUT2D eigenvalue weighted by Gasteiger charge is 2.47. The molecule has 0 aromatic heterocycles. The van der Waals surface area contributed by atoms with Gasteiger partial charge in [0.2, 0.25) is 0 Å². The largest absolute Gasteiger partial charge is 0.458 e. The van der Waals surface area contributed by atoms with Crippen LogP contribution in [0.15, 0.2) is 182 Å². The minimum atomic E-state index is -0.540. The molecule has 0 bridgehead atoms. The highest BCUT2D eigenvalue weighted by Crippen LogP contribution is 2.59. The lowest BCUT2D eigenvalue weighted by Crippen LogP contribution is -2.57. The third-order valence-corrected chi connectivity index (χ3v) is 11.7. The smallest absolute Gasteiger partial charge is 0.260 e. The molecule has 0 atom stereocenters. The molecule has 54 heavy (non-hydrogen) atoms. The molecule has 0 saturated heterocycles. The van der Waals surface area contributed by atoms with Crippen molar-refractivity contribution in [1.29, 1.82) is 0 Å². The Morgan fingerprint density at radius 2 is 0.907 bits per heavy atom. The number of hydrogen-bond acceptors (Lipinski definition) is 4. The van der Waals surface area contributed by atoms with E-state index in [9.17, 15) is 0 Å². The maximum Gasteiger partial charge on any atom is 0.260 e. The van der Waals surface area contributed by atoms with Crippen molar-refractivity contribution in [1.82, 2.24) is 0 Å². The predicted octanol–water partition coefficient (Wildman–Crippen LogP) is 10.4. The molecule has 0 saturated carbocycles. The zero-order valence-corrected chi connectivity index (χ0v) is 29.1. The molecular formula is C49H30BNO3. The molecule has 252 valence electrons. The van der Waals surface area contributed by atoms with Gasteiger partial charge in [0.1, 0.15) is 23.0 Å². The van der Waals surface area contributed by atoms with Crippen LogP contribution in [0.3, 0.4) is 0 Å². The summed E-state index contributed by atoms with van der Waals surface area (Å²) in [5.74, 6) is 4.89. The lowest BCUT2D eigenvalue weighted by molar-refractivity contribution is 0.463. The van der Waals surface area contributed by atoms with E-state index < -0.39 is 5.41 Å². The molecule has 1 aliphatic carbocycles. The van der Waals surface area contributed by atoms with Crippen molar-refractivity contribution in [3.8, 4) is 45.6 Å². The Kier molecular flexibility index (Phi) is 6.04. The Labute approximate surface area is 313 Å². The Morgan fingerprint density at radius 1 is 0.389 bits per heavy atom. The molecule has 0 fully saturated rings. The van der Waals surface area contributed by atoms with Crippen molar-refractivity contribution < 1.29 is 14.2 Å². The number of para-hydroxylation sites is 4. The summed E-state index contributed by atoms with van der Waals surface area (Å²) in [6.07, 6.45) is 0. The van der Waals surface area contributed by atoms with Crippen LogP contribution in [0.25, 0.3) is 11.1 Å². The molecule has 0 amide bonds. The lowest BCUT2D eigenvalue weighted by atomic mass is 9.35. The Bertz CT molecular complexity index is 2730. The van der Waals surface area contributed by atoms with E-state index in [0.29, 0.717) is 0 Å². The summed E-state index contributed by atoms with van der Waals surface area (Å²) in [7, 11) is 0. The van der Waals surface area contributed by atoms with Crippen molar-refractivity contribution >= 4 is 40.2 Å². The number of benzene rings is 8. The second-order valence-corrected chi connectivity index (χ2v) is 14.4. The zero-order chi connectivity index (χ0) is 35.4. The number of nitrogens with zero attached hydrogens (tertiary/aromatic N) is 1. The minimum absolute atomic E-state index is 0.0112. The van der Waals surface area contributed by atoms with Gasteiger partial charge in [-0.3, -0.25) is 0 Å². The van der Waals surface area contributed by atoms with E-state index in [1.165, 1.54) is 27.8 Å². The molecule has 3 aliphatic heterocycles. The molecule has 4 nitrogen and oxygen atoms in total. The van der Waals surface area contributed by atoms with Gasteiger partial charge in [0.25, 0.3) is 6.71 Å². The van der Waals surface area contributed by atoms with Crippen molar-refractivity contribution in [3.05, 3.63) is 204 Å². The van der Waals surface area contributed by atoms with Gasteiger partial charge in [-0.1, -0.05) is 133 Å². The number of fused-ring (bicyclic) bond motifs is 9. The average Bonchev–Trinajstić information content (AvgIpc) is 3.53. The molecule has 4 aliphatic rings. The number of anilines is 3. The molecule has 3 heterocycles. The molecule has 12 rings (SSSR count). The predicted molar refractivity (Wildman–Crippen MR) is 216 cm³/mol. The van der Waals surface area contributed by atoms with Crippen LogP contribution in [0.5, 0.6) is 34.5 Å². The molecule has 8 aromatic rings. The Morgan fingerprint density at radius 3 is 1.57 bits per heavy atom. The SMILES string of the molecule is c1ccc(C2(c3ccc4c(c3)Oc3ccccc3N4c3cc4c5c(c3)Oc3ccccc3B5c3ccccc3O4)c3ccccc3-c3ccccc32)cc1. The summed E-state index contributed by atoms with van der Waals surface area (Å²) >= 11 is 0. The summed E-state index contributed by atoms with van der Waals surface area (Å²) in [6.45, 7) is 0.0112. The van der Waals surface area contributed by atoms with Gasteiger partial charge < -0.3 is 19.1 Å². The van der Waals surface area contributed by atoms with Crippen LogP contribution in [0.4, 0.5) is 17.1 Å².